The molecule has 0 heterocycles. The van der Waals surface area contributed by atoms with Crippen LogP contribution in [0.4, 0.5) is 0 Å². The molecular weight excluding hydrogens is 412 g/mol. The zero-order valence-corrected chi connectivity index (χ0v) is 24.0. The van der Waals surface area contributed by atoms with E-state index >= 15 is 0 Å². The minimum Gasteiger partial charge on any atom is -0.0812 e. The van der Waals surface area contributed by atoms with E-state index in [1.807, 2.05) is 0 Å². The summed E-state index contributed by atoms with van der Waals surface area (Å²) in [6.45, 7) is 26.3. The summed E-state index contributed by atoms with van der Waals surface area (Å²) in [4.78, 5) is 0. The largest absolute Gasteiger partial charge is 0.0812 e. The monoisotopic (exact) mass is 456 g/mol. The molecule has 0 fully saturated rings. The van der Waals surface area contributed by atoms with Crippen LogP contribution in [-0.4, -0.2) is 8.07 Å². The topological polar surface area (TPSA) is 0 Å². The molecule has 33 heavy (non-hydrogen) atoms. The van der Waals surface area contributed by atoms with E-state index in [0.29, 0.717) is 0 Å². The molecule has 0 nitrogen and oxygen atoms in total. The highest BCUT2D eigenvalue weighted by Gasteiger charge is 2.36. The van der Waals surface area contributed by atoms with Crippen molar-refractivity contribution < 1.29 is 0 Å². The lowest BCUT2D eigenvalue weighted by Gasteiger charge is -2.32. The van der Waals surface area contributed by atoms with Gasteiger partial charge in [-0.25, -0.2) is 0 Å². The molecule has 0 bridgehead atoms. The Balaban J connectivity index is 1.91. The van der Waals surface area contributed by atoms with Gasteiger partial charge in [0.1, 0.15) is 0 Å². The van der Waals surface area contributed by atoms with Gasteiger partial charge in [-0.15, -0.1) is 0 Å². The average molecular weight is 457 g/mol. The van der Waals surface area contributed by atoms with Gasteiger partial charge in [0.2, 0.25) is 0 Å². The van der Waals surface area contributed by atoms with Crippen LogP contribution in [0.3, 0.4) is 0 Å². The van der Waals surface area contributed by atoms with Crippen molar-refractivity contribution in [2.45, 2.75) is 104 Å². The maximum Gasteiger partial charge on any atom is 0.0771 e. The Morgan fingerprint density at radius 1 is 0.727 bits per heavy atom. The summed E-state index contributed by atoms with van der Waals surface area (Å²) in [5, 5.41) is 1.62. The van der Waals surface area contributed by atoms with E-state index in [9.17, 15) is 0 Å². The molecule has 2 aromatic rings. The molecule has 176 valence electrons. The minimum absolute atomic E-state index is 0.0259. The smallest absolute Gasteiger partial charge is 0.0771 e. The highest BCUT2D eigenvalue weighted by molar-refractivity contribution is 6.83. The van der Waals surface area contributed by atoms with Crippen LogP contribution in [0.2, 0.25) is 19.6 Å². The number of rotatable bonds is 3. The summed E-state index contributed by atoms with van der Waals surface area (Å²) >= 11 is 0. The van der Waals surface area contributed by atoms with Gasteiger partial charge in [0.15, 0.2) is 0 Å². The molecule has 0 spiro atoms. The zero-order chi connectivity index (χ0) is 24.6. The van der Waals surface area contributed by atoms with Crippen LogP contribution in [-0.2, 0) is 22.7 Å². The number of fused-ring (bicyclic) bond motifs is 3. The molecule has 1 heteroatoms. The third kappa shape index (κ3) is 4.34. The van der Waals surface area contributed by atoms with Crippen LogP contribution in [0, 0.1) is 0 Å². The van der Waals surface area contributed by atoms with Crippen LogP contribution < -0.4 is 0 Å². The van der Waals surface area contributed by atoms with Crippen LogP contribution in [0.15, 0.2) is 53.3 Å². The van der Waals surface area contributed by atoms with E-state index in [4.69, 9.17) is 0 Å². The lowest BCUT2D eigenvalue weighted by Crippen LogP contribution is -2.24. The Morgan fingerprint density at radius 3 is 1.88 bits per heavy atom. The van der Waals surface area contributed by atoms with Crippen molar-refractivity contribution in [2.24, 2.45) is 0 Å². The molecule has 2 aliphatic rings. The molecule has 0 aromatic heterocycles. The third-order valence-corrected chi connectivity index (χ3v) is 10.0. The quantitative estimate of drug-likeness (QED) is 0.344. The molecule has 4 rings (SSSR count). The van der Waals surface area contributed by atoms with E-state index in [1.165, 1.54) is 33.4 Å². The molecule has 0 aliphatic heterocycles. The summed E-state index contributed by atoms with van der Waals surface area (Å²) in [6.07, 6.45) is 7.23. The predicted molar refractivity (Wildman–Crippen MR) is 149 cm³/mol. The number of hydrogen-bond donors (Lipinski definition) is 0. The fraction of sp³-hybridized carbons (Fsp3) is 0.500. The maximum absolute atomic E-state index is 2.56. The van der Waals surface area contributed by atoms with E-state index in [-0.39, 0.29) is 16.2 Å². The molecule has 2 aromatic carbocycles. The first-order chi connectivity index (χ1) is 15.0. The third-order valence-electron chi connectivity index (χ3n) is 7.96. The van der Waals surface area contributed by atoms with Gasteiger partial charge < -0.3 is 0 Å². The maximum atomic E-state index is 2.56. The summed E-state index contributed by atoms with van der Waals surface area (Å²) in [5.74, 6) is 0. The normalized spacial score (nSPS) is 16.5. The summed E-state index contributed by atoms with van der Waals surface area (Å²) in [7, 11) is -1.30. The van der Waals surface area contributed by atoms with Crippen LogP contribution >= 0.6 is 0 Å². The van der Waals surface area contributed by atoms with E-state index in [0.717, 1.165) is 12.8 Å². The van der Waals surface area contributed by atoms with Crippen molar-refractivity contribution in [3.05, 3.63) is 81.1 Å². The Labute approximate surface area is 204 Å². The van der Waals surface area contributed by atoms with Crippen molar-refractivity contribution >= 4 is 8.07 Å². The lowest BCUT2D eigenvalue weighted by atomic mass is 9.72. The van der Waals surface area contributed by atoms with Gasteiger partial charge in [0, 0.05) is 5.41 Å². The lowest BCUT2D eigenvalue weighted by molar-refractivity contribution is 0.575. The van der Waals surface area contributed by atoms with Crippen molar-refractivity contribution in [1.82, 2.24) is 0 Å². The molecule has 0 saturated carbocycles. The molecule has 2 aliphatic carbocycles. The Kier molecular flexibility index (Phi) is 5.57. The first-order valence-electron chi connectivity index (χ1n) is 12.7. The fourth-order valence-electron chi connectivity index (χ4n) is 5.39. The standard InChI is InChI=1S/C32H44Si/c1-30(2,3)22-13-12-21-16-28-27(26(21)18-22)19-24(31(4,5)6)20-29(28)32(7,8)23-14-15-25(17-23)33(9,10)11/h12-13,15,17-20H,14,16H2,1-11H3. The fourth-order valence-corrected chi connectivity index (χ4v) is 6.71. The van der Waals surface area contributed by atoms with Gasteiger partial charge in [0.25, 0.3) is 0 Å². The molecule has 0 saturated heterocycles. The van der Waals surface area contributed by atoms with Gasteiger partial charge in [-0.3, -0.25) is 0 Å². The molecular formula is C32H44Si. The second-order valence-corrected chi connectivity index (χ2v) is 19.1. The van der Waals surface area contributed by atoms with E-state index < -0.39 is 8.07 Å². The van der Waals surface area contributed by atoms with E-state index in [2.05, 4.69) is 118 Å². The first-order valence-corrected chi connectivity index (χ1v) is 16.2. The van der Waals surface area contributed by atoms with Crippen LogP contribution in [0.5, 0.6) is 0 Å². The van der Waals surface area contributed by atoms with E-state index in [1.54, 1.807) is 16.3 Å². The molecule has 0 radical (unpaired) electrons. The van der Waals surface area contributed by atoms with Crippen molar-refractivity contribution in [3.63, 3.8) is 0 Å². The van der Waals surface area contributed by atoms with Crippen LogP contribution in [0.25, 0.3) is 11.1 Å². The molecule has 0 amide bonds. The summed E-state index contributed by atoms with van der Waals surface area (Å²) in [6, 6.07) is 12.3. The van der Waals surface area contributed by atoms with Crippen molar-refractivity contribution in [2.75, 3.05) is 0 Å². The van der Waals surface area contributed by atoms with Crippen LogP contribution in [0.1, 0.15) is 89.6 Å². The highest BCUT2D eigenvalue weighted by atomic mass is 28.3. The second-order valence-electron chi connectivity index (χ2n) is 14.0. The average Bonchev–Trinajstić information content (AvgIpc) is 3.30. The molecule has 0 atom stereocenters. The Morgan fingerprint density at radius 2 is 1.33 bits per heavy atom. The number of benzene rings is 2. The van der Waals surface area contributed by atoms with Gasteiger partial charge in [-0.1, -0.05) is 128 Å². The van der Waals surface area contributed by atoms with Crippen molar-refractivity contribution in [3.8, 4) is 11.1 Å². The summed E-state index contributed by atoms with van der Waals surface area (Å²) < 4.78 is 0. The van der Waals surface area contributed by atoms with Gasteiger partial charge in [-0.05, 0) is 62.6 Å². The number of allylic oxidation sites excluding steroid dienone is 4. The molecule has 0 unspecified atom stereocenters. The van der Waals surface area contributed by atoms with Crippen molar-refractivity contribution in [1.29, 1.82) is 0 Å². The Bertz CT molecular complexity index is 1160. The first kappa shape index (κ1) is 24.3. The van der Waals surface area contributed by atoms with Gasteiger partial charge in [0.05, 0.1) is 8.07 Å². The van der Waals surface area contributed by atoms with Gasteiger partial charge >= 0.3 is 0 Å². The minimum atomic E-state index is -1.30. The summed E-state index contributed by atoms with van der Waals surface area (Å²) in [5.41, 5.74) is 12.3. The zero-order valence-electron chi connectivity index (χ0n) is 23.0. The predicted octanol–water partition coefficient (Wildman–Crippen LogP) is 9.26. The SMILES string of the molecule is CC(C)(C)c1ccc2c(c1)-c1cc(C(C)(C)C)cc(C(C)(C)C3=CC([Si](C)(C)C)=CC3)c1C2. The second kappa shape index (κ2) is 7.57. The highest BCUT2D eigenvalue weighted by Crippen LogP contribution is 2.48. The molecule has 0 N–H and O–H groups in total. The number of hydrogen-bond acceptors (Lipinski definition) is 0. The Hall–Kier alpha value is -1.86. The van der Waals surface area contributed by atoms with Gasteiger partial charge in [-0.2, -0.15) is 0 Å².